The van der Waals surface area contributed by atoms with Crippen molar-refractivity contribution in [3.63, 3.8) is 0 Å². The number of aryl methyl sites for hydroxylation is 2. The van der Waals surface area contributed by atoms with Crippen LogP contribution in [0, 0.1) is 13.8 Å². The molecule has 29 heavy (non-hydrogen) atoms. The average molecular weight is 391 g/mol. The van der Waals surface area contributed by atoms with Gasteiger partial charge in [-0.2, -0.15) is 4.98 Å². The maximum atomic E-state index is 13.3. The largest absolute Gasteiger partial charge is 0.332 e. The van der Waals surface area contributed by atoms with E-state index in [2.05, 4.69) is 23.4 Å². The van der Waals surface area contributed by atoms with Gasteiger partial charge in [-0.15, -0.1) is 0 Å². The zero-order valence-corrected chi connectivity index (χ0v) is 17.4. The minimum atomic E-state index is -0.369. The average Bonchev–Trinajstić information content (AvgIpc) is 3.19. The van der Waals surface area contributed by atoms with Gasteiger partial charge < -0.3 is 4.57 Å². The van der Waals surface area contributed by atoms with E-state index in [1.807, 2.05) is 60.7 Å². The van der Waals surface area contributed by atoms with Gasteiger partial charge in [0, 0.05) is 31.0 Å². The Balaban J connectivity index is 1.94. The Hall–Kier alpha value is -3.35. The molecule has 0 radical (unpaired) electrons. The molecule has 0 aliphatic heterocycles. The van der Waals surface area contributed by atoms with Crippen molar-refractivity contribution in [3.8, 4) is 0 Å². The Labute approximate surface area is 168 Å². The first-order valence-corrected chi connectivity index (χ1v) is 9.74. The van der Waals surface area contributed by atoms with Crippen molar-refractivity contribution < 1.29 is 0 Å². The van der Waals surface area contributed by atoms with E-state index in [-0.39, 0.29) is 23.8 Å². The molecule has 3 aromatic heterocycles. The smallest absolute Gasteiger partial charge is 0.311 e. The standard InChI is InChI=1S/C22H25N5O2/c1-14(2)26-15(3)16(4)27-18-19(23-21(26)27)24(5)22(29)25(20(18)28)13-9-12-17-10-7-6-8-11-17/h6-12,14H,13H2,1-5H3. The summed E-state index contributed by atoms with van der Waals surface area (Å²) in [7, 11) is 1.66. The van der Waals surface area contributed by atoms with Gasteiger partial charge >= 0.3 is 5.69 Å². The Morgan fingerprint density at radius 2 is 1.76 bits per heavy atom. The van der Waals surface area contributed by atoms with Gasteiger partial charge in [0.25, 0.3) is 5.56 Å². The van der Waals surface area contributed by atoms with Crippen LogP contribution in [0.1, 0.15) is 36.8 Å². The molecule has 1 aromatic carbocycles. The lowest BCUT2D eigenvalue weighted by Crippen LogP contribution is -2.39. The molecule has 4 rings (SSSR count). The summed E-state index contributed by atoms with van der Waals surface area (Å²) in [5, 5.41) is 0. The van der Waals surface area contributed by atoms with Gasteiger partial charge in [0.05, 0.1) is 0 Å². The van der Waals surface area contributed by atoms with Crippen LogP contribution in [0.5, 0.6) is 0 Å². The molecule has 3 heterocycles. The summed E-state index contributed by atoms with van der Waals surface area (Å²) in [6, 6.07) is 9.99. The number of benzene rings is 1. The number of hydrogen-bond donors (Lipinski definition) is 0. The van der Waals surface area contributed by atoms with E-state index in [0.717, 1.165) is 17.0 Å². The lowest BCUT2D eigenvalue weighted by molar-refractivity contribution is 0.600. The molecule has 0 bridgehead atoms. The Morgan fingerprint density at radius 1 is 1.07 bits per heavy atom. The van der Waals surface area contributed by atoms with Gasteiger partial charge in [-0.25, -0.2) is 4.79 Å². The minimum Gasteiger partial charge on any atom is -0.311 e. The van der Waals surface area contributed by atoms with Gasteiger partial charge in [0.15, 0.2) is 11.2 Å². The maximum absolute atomic E-state index is 13.3. The van der Waals surface area contributed by atoms with Crippen molar-refractivity contribution in [2.75, 3.05) is 0 Å². The molecule has 7 heteroatoms. The molecule has 150 valence electrons. The summed E-state index contributed by atoms with van der Waals surface area (Å²) < 4.78 is 6.69. The third-order valence-corrected chi connectivity index (χ3v) is 5.47. The molecule has 0 fully saturated rings. The predicted molar refractivity (Wildman–Crippen MR) is 116 cm³/mol. The molecule has 0 N–H and O–H groups in total. The molecular formula is C22H25N5O2. The van der Waals surface area contributed by atoms with Crippen LogP contribution in [-0.2, 0) is 13.6 Å². The van der Waals surface area contributed by atoms with E-state index in [4.69, 9.17) is 0 Å². The third-order valence-electron chi connectivity index (χ3n) is 5.47. The van der Waals surface area contributed by atoms with Crippen LogP contribution in [0.15, 0.2) is 46.0 Å². The van der Waals surface area contributed by atoms with Crippen molar-refractivity contribution in [1.82, 2.24) is 23.1 Å². The van der Waals surface area contributed by atoms with E-state index in [1.165, 1.54) is 9.13 Å². The lowest BCUT2D eigenvalue weighted by Gasteiger charge is -2.09. The molecule has 4 aromatic rings. The monoisotopic (exact) mass is 391 g/mol. The Morgan fingerprint density at radius 3 is 2.41 bits per heavy atom. The number of rotatable bonds is 4. The second-order valence-electron chi connectivity index (χ2n) is 7.62. The first kappa shape index (κ1) is 19.0. The number of nitrogens with zero attached hydrogens (tertiary/aromatic N) is 5. The molecule has 0 aliphatic carbocycles. The molecule has 0 amide bonds. The fourth-order valence-corrected chi connectivity index (χ4v) is 3.91. The topological polar surface area (TPSA) is 66.2 Å². The van der Waals surface area contributed by atoms with E-state index < -0.39 is 0 Å². The van der Waals surface area contributed by atoms with Crippen molar-refractivity contribution in [2.45, 2.75) is 40.3 Å². The minimum absolute atomic E-state index is 0.191. The first-order chi connectivity index (χ1) is 13.8. The highest BCUT2D eigenvalue weighted by molar-refractivity contribution is 5.76. The summed E-state index contributed by atoms with van der Waals surface area (Å²) in [6.07, 6.45) is 3.74. The van der Waals surface area contributed by atoms with Crippen molar-refractivity contribution >= 4 is 23.0 Å². The van der Waals surface area contributed by atoms with Crippen LogP contribution in [0.2, 0.25) is 0 Å². The number of hydrogen-bond acceptors (Lipinski definition) is 3. The number of aromatic nitrogens is 5. The van der Waals surface area contributed by atoms with Crippen LogP contribution in [0.3, 0.4) is 0 Å². The van der Waals surface area contributed by atoms with Gasteiger partial charge in [0.2, 0.25) is 5.78 Å². The van der Waals surface area contributed by atoms with Crippen LogP contribution < -0.4 is 11.2 Å². The fraction of sp³-hybridized carbons (Fsp3) is 0.318. The zero-order chi connectivity index (χ0) is 20.9. The van der Waals surface area contributed by atoms with Gasteiger partial charge in [-0.05, 0) is 33.3 Å². The lowest BCUT2D eigenvalue weighted by atomic mass is 10.2. The molecule has 0 atom stereocenters. The first-order valence-electron chi connectivity index (χ1n) is 9.74. The van der Waals surface area contributed by atoms with Gasteiger partial charge in [-0.1, -0.05) is 42.5 Å². The highest BCUT2D eigenvalue weighted by Gasteiger charge is 2.23. The third kappa shape index (κ3) is 2.85. The van der Waals surface area contributed by atoms with Crippen LogP contribution in [0.25, 0.3) is 23.0 Å². The maximum Gasteiger partial charge on any atom is 0.332 e. The second kappa shape index (κ2) is 6.92. The summed E-state index contributed by atoms with van der Waals surface area (Å²) in [6.45, 7) is 8.37. The quantitative estimate of drug-likeness (QED) is 0.537. The second-order valence-corrected chi connectivity index (χ2v) is 7.62. The summed E-state index contributed by atoms with van der Waals surface area (Å²) in [5.41, 5.74) is 3.20. The molecule has 0 saturated carbocycles. The zero-order valence-electron chi connectivity index (χ0n) is 17.4. The molecule has 0 saturated heterocycles. The van der Waals surface area contributed by atoms with E-state index >= 15 is 0 Å². The SMILES string of the molecule is Cc1c(C)n2c3c(=O)n(CC=Cc4ccccc4)c(=O)n(C)c3nc2n1C(C)C. The molecular weight excluding hydrogens is 366 g/mol. The fourth-order valence-electron chi connectivity index (χ4n) is 3.91. The van der Waals surface area contributed by atoms with E-state index in [1.54, 1.807) is 7.05 Å². The molecule has 7 nitrogen and oxygen atoms in total. The summed E-state index contributed by atoms with van der Waals surface area (Å²) >= 11 is 0. The predicted octanol–water partition coefficient (Wildman–Crippen LogP) is 3.06. The van der Waals surface area contributed by atoms with Crippen molar-refractivity contribution in [2.24, 2.45) is 7.05 Å². The number of fused-ring (bicyclic) bond motifs is 3. The van der Waals surface area contributed by atoms with Crippen LogP contribution in [0.4, 0.5) is 0 Å². The summed E-state index contributed by atoms with van der Waals surface area (Å²) in [4.78, 5) is 30.8. The number of allylic oxidation sites excluding steroid dienone is 1. The van der Waals surface area contributed by atoms with Crippen molar-refractivity contribution in [1.29, 1.82) is 0 Å². The van der Waals surface area contributed by atoms with E-state index in [9.17, 15) is 9.59 Å². The molecule has 0 unspecified atom stereocenters. The van der Waals surface area contributed by atoms with E-state index in [0.29, 0.717) is 16.9 Å². The van der Waals surface area contributed by atoms with Gasteiger partial charge in [-0.3, -0.25) is 18.3 Å². The molecule has 0 aliphatic rings. The highest BCUT2D eigenvalue weighted by atomic mass is 16.2. The Kier molecular flexibility index (Phi) is 4.53. The van der Waals surface area contributed by atoms with Crippen LogP contribution >= 0.6 is 0 Å². The van der Waals surface area contributed by atoms with Gasteiger partial charge in [0.1, 0.15) is 0 Å². The Bertz CT molecular complexity index is 1360. The van der Waals surface area contributed by atoms with Crippen molar-refractivity contribution in [3.05, 3.63) is 74.2 Å². The molecule has 0 spiro atoms. The van der Waals surface area contributed by atoms with Crippen LogP contribution in [-0.4, -0.2) is 23.1 Å². The highest BCUT2D eigenvalue weighted by Crippen LogP contribution is 2.23. The summed E-state index contributed by atoms with van der Waals surface area (Å²) in [5.74, 6) is 0.690. The number of imidazole rings is 2. The normalized spacial score (nSPS) is 12.2.